The molecular formula is C17H25N3O2. The predicted molar refractivity (Wildman–Crippen MR) is 89.1 cm³/mol. The van der Waals surface area contributed by atoms with Crippen molar-refractivity contribution in [2.24, 2.45) is 5.73 Å². The summed E-state index contributed by atoms with van der Waals surface area (Å²) >= 11 is 0. The Balaban J connectivity index is 2.15. The van der Waals surface area contributed by atoms with Crippen molar-refractivity contribution in [1.29, 1.82) is 0 Å². The third kappa shape index (κ3) is 3.60. The van der Waals surface area contributed by atoms with Crippen LogP contribution in [-0.2, 0) is 11.2 Å². The number of hydrogen-bond donors (Lipinski definition) is 2. The average molecular weight is 303 g/mol. The average Bonchev–Trinajstić information content (AvgIpc) is 2.89. The summed E-state index contributed by atoms with van der Waals surface area (Å²) in [5.41, 5.74) is 7.97. The van der Waals surface area contributed by atoms with Gasteiger partial charge in [-0.1, -0.05) is 12.1 Å². The number of carbonyl (C=O) groups is 1. The first-order valence-electron chi connectivity index (χ1n) is 7.81. The summed E-state index contributed by atoms with van der Waals surface area (Å²) < 4.78 is 5.73. The molecule has 120 valence electrons. The molecule has 0 saturated carbocycles. The Morgan fingerprint density at radius 2 is 2.09 bits per heavy atom. The van der Waals surface area contributed by atoms with Gasteiger partial charge in [0.05, 0.1) is 5.52 Å². The second-order valence-electron chi connectivity index (χ2n) is 5.53. The quantitative estimate of drug-likeness (QED) is 0.824. The van der Waals surface area contributed by atoms with Crippen LogP contribution in [0.2, 0.25) is 0 Å². The number of benzene rings is 1. The Bertz CT molecular complexity index is 630. The van der Waals surface area contributed by atoms with Crippen LogP contribution in [0.4, 0.5) is 0 Å². The molecule has 1 aromatic carbocycles. The zero-order valence-electron chi connectivity index (χ0n) is 13.6. The molecule has 0 bridgehead atoms. The Kier molecular flexibility index (Phi) is 5.44. The van der Waals surface area contributed by atoms with Crippen molar-refractivity contribution in [3.8, 4) is 5.75 Å². The lowest BCUT2D eigenvalue weighted by Crippen LogP contribution is -2.34. The Labute approximate surface area is 131 Å². The van der Waals surface area contributed by atoms with E-state index in [4.69, 9.17) is 10.5 Å². The van der Waals surface area contributed by atoms with Crippen LogP contribution in [0.5, 0.6) is 5.75 Å². The van der Waals surface area contributed by atoms with Gasteiger partial charge < -0.3 is 20.4 Å². The van der Waals surface area contributed by atoms with E-state index in [1.165, 1.54) is 5.56 Å². The lowest BCUT2D eigenvalue weighted by molar-refractivity contribution is -0.132. The number of hydrogen-bond acceptors (Lipinski definition) is 3. The monoisotopic (exact) mass is 303 g/mol. The van der Waals surface area contributed by atoms with Gasteiger partial charge in [-0.25, -0.2) is 0 Å². The molecule has 3 N–H and O–H groups in total. The number of rotatable bonds is 7. The highest BCUT2D eigenvalue weighted by atomic mass is 16.5. The molecule has 1 amide bonds. The highest BCUT2D eigenvalue weighted by Gasteiger charge is 2.13. The van der Waals surface area contributed by atoms with E-state index in [1.54, 1.807) is 4.90 Å². The smallest absolute Gasteiger partial charge is 0.260 e. The number of aromatic amines is 1. The number of ether oxygens (including phenoxy) is 1. The highest BCUT2D eigenvalue weighted by molar-refractivity contribution is 5.88. The van der Waals surface area contributed by atoms with Gasteiger partial charge in [-0.15, -0.1) is 0 Å². The number of carbonyl (C=O) groups excluding carboxylic acids is 1. The van der Waals surface area contributed by atoms with Crippen LogP contribution in [0.3, 0.4) is 0 Å². The number of H-pyrrole nitrogens is 1. The summed E-state index contributed by atoms with van der Waals surface area (Å²) in [4.78, 5) is 17.0. The molecule has 22 heavy (non-hydrogen) atoms. The lowest BCUT2D eigenvalue weighted by Gasteiger charge is -2.18. The number of para-hydroxylation sites is 1. The summed E-state index contributed by atoms with van der Waals surface area (Å²) in [5, 5.41) is 1.10. The van der Waals surface area contributed by atoms with Crippen LogP contribution in [0.15, 0.2) is 24.4 Å². The van der Waals surface area contributed by atoms with Crippen molar-refractivity contribution in [2.45, 2.75) is 33.2 Å². The maximum atomic E-state index is 12.0. The molecule has 0 spiro atoms. The number of nitrogens with two attached hydrogens (primary N) is 1. The number of fused-ring (bicyclic) bond motifs is 1. The van der Waals surface area contributed by atoms with E-state index in [-0.39, 0.29) is 18.6 Å². The van der Waals surface area contributed by atoms with Gasteiger partial charge in [-0.05, 0) is 38.8 Å². The van der Waals surface area contributed by atoms with Crippen LogP contribution in [-0.4, -0.2) is 41.5 Å². The molecule has 0 fully saturated rings. The largest absolute Gasteiger partial charge is 0.482 e. The minimum Gasteiger partial charge on any atom is -0.482 e. The van der Waals surface area contributed by atoms with Gasteiger partial charge in [0.15, 0.2) is 6.61 Å². The molecule has 0 aliphatic heterocycles. The second-order valence-corrected chi connectivity index (χ2v) is 5.53. The van der Waals surface area contributed by atoms with Gasteiger partial charge in [0, 0.05) is 30.7 Å². The topological polar surface area (TPSA) is 71.3 Å². The van der Waals surface area contributed by atoms with E-state index in [0.29, 0.717) is 18.8 Å². The van der Waals surface area contributed by atoms with Crippen molar-refractivity contribution >= 4 is 16.8 Å². The molecule has 0 saturated heterocycles. The second kappa shape index (κ2) is 7.31. The number of nitrogens with zero attached hydrogens (tertiary/aromatic N) is 1. The van der Waals surface area contributed by atoms with Crippen molar-refractivity contribution in [3.05, 3.63) is 30.0 Å². The molecule has 5 nitrogen and oxygen atoms in total. The fraction of sp³-hybridized carbons (Fsp3) is 0.471. The molecule has 1 aromatic heterocycles. The number of amides is 1. The standard InChI is InChI=1S/C17H25N3O2/c1-4-20(5-2)16(21)11-22-15-8-6-7-14-13(9-12(3)18)10-19-17(14)15/h6-8,10,12,19H,4-5,9,11,18H2,1-3H3/t12-/m1/s1. The van der Waals surface area contributed by atoms with Gasteiger partial charge >= 0.3 is 0 Å². The fourth-order valence-corrected chi connectivity index (χ4v) is 2.63. The van der Waals surface area contributed by atoms with Gasteiger partial charge in [0.25, 0.3) is 5.91 Å². The van der Waals surface area contributed by atoms with Crippen molar-refractivity contribution in [2.75, 3.05) is 19.7 Å². The van der Waals surface area contributed by atoms with Crippen LogP contribution in [0.1, 0.15) is 26.3 Å². The molecule has 1 heterocycles. The Morgan fingerprint density at radius 3 is 2.73 bits per heavy atom. The maximum absolute atomic E-state index is 12.0. The first kappa shape index (κ1) is 16.4. The van der Waals surface area contributed by atoms with Crippen LogP contribution >= 0.6 is 0 Å². The summed E-state index contributed by atoms with van der Waals surface area (Å²) in [7, 11) is 0. The van der Waals surface area contributed by atoms with E-state index in [0.717, 1.165) is 17.3 Å². The van der Waals surface area contributed by atoms with Gasteiger partial charge in [0.2, 0.25) is 0 Å². The normalized spacial score (nSPS) is 12.4. The zero-order chi connectivity index (χ0) is 16.1. The molecule has 0 aliphatic rings. The maximum Gasteiger partial charge on any atom is 0.260 e. The minimum absolute atomic E-state index is 0.00404. The summed E-state index contributed by atoms with van der Waals surface area (Å²) in [6.07, 6.45) is 2.77. The third-order valence-electron chi connectivity index (χ3n) is 3.77. The van der Waals surface area contributed by atoms with Crippen LogP contribution < -0.4 is 10.5 Å². The molecular weight excluding hydrogens is 278 g/mol. The number of likely N-dealkylation sites (N-methyl/N-ethyl adjacent to an activating group) is 1. The number of aromatic nitrogens is 1. The van der Waals surface area contributed by atoms with Crippen molar-refractivity contribution in [1.82, 2.24) is 9.88 Å². The van der Waals surface area contributed by atoms with Crippen molar-refractivity contribution < 1.29 is 9.53 Å². The molecule has 0 unspecified atom stereocenters. The third-order valence-corrected chi connectivity index (χ3v) is 3.77. The molecule has 0 radical (unpaired) electrons. The fourth-order valence-electron chi connectivity index (χ4n) is 2.63. The first-order chi connectivity index (χ1) is 10.6. The number of nitrogens with one attached hydrogen (secondary N) is 1. The molecule has 0 aliphatic carbocycles. The van der Waals surface area contributed by atoms with Crippen molar-refractivity contribution in [3.63, 3.8) is 0 Å². The summed E-state index contributed by atoms with van der Waals surface area (Å²) in [5.74, 6) is 0.707. The lowest BCUT2D eigenvalue weighted by atomic mass is 10.1. The van der Waals surface area contributed by atoms with Gasteiger partial charge in [-0.3, -0.25) is 4.79 Å². The van der Waals surface area contributed by atoms with Crippen LogP contribution in [0.25, 0.3) is 10.9 Å². The SMILES string of the molecule is CCN(CC)C(=O)COc1cccc2c(C[C@@H](C)N)c[nH]c12. The van der Waals surface area contributed by atoms with E-state index in [9.17, 15) is 4.79 Å². The van der Waals surface area contributed by atoms with E-state index >= 15 is 0 Å². The summed E-state index contributed by atoms with van der Waals surface area (Å²) in [6.45, 7) is 7.37. The van der Waals surface area contributed by atoms with E-state index < -0.39 is 0 Å². The predicted octanol–water partition coefficient (Wildman–Crippen LogP) is 2.30. The molecule has 1 atom stereocenters. The molecule has 5 heteroatoms. The summed E-state index contributed by atoms with van der Waals surface area (Å²) in [6, 6.07) is 5.97. The molecule has 2 aromatic rings. The zero-order valence-corrected chi connectivity index (χ0v) is 13.6. The Hall–Kier alpha value is -2.01. The van der Waals surface area contributed by atoms with E-state index in [1.807, 2.05) is 45.2 Å². The first-order valence-corrected chi connectivity index (χ1v) is 7.81. The molecule has 2 rings (SSSR count). The van der Waals surface area contributed by atoms with Gasteiger partial charge in [-0.2, -0.15) is 0 Å². The van der Waals surface area contributed by atoms with Gasteiger partial charge in [0.1, 0.15) is 5.75 Å². The minimum atomic E-state index is 0.00404. The Morgan fingerprint density at radius 1 is 1.36 bits per heavy atom. The highest BCUT2D eigenvalue weighted by Crippen LogP contribution is 2.27. The van der Waals surface area contributed by atoms with E-state index in [2.05, 4.69) is 4.98 Å². The van der Waals surface area contributed by atoms with Crippen LogP contribution in [0, 0.1) is 0 Å².